The van der Waals surface area contributed by atoms with Gasteiger partial charge in [0, 0.05) is 27.4 Å². The zero-order chi connectivity index (χ0) is 14.5. The molecule has 0 spiro atoms. The van der Waals surface area contributed by atoms with E-state index in [9.17, 15) is 0 Å². The van der Waals surface area contributed by atoms with Crippen molar-refractivity contribution in [3.05, 3.63) is 0 Å². The normalized spacial score (nSPS) is 17.7. The van der Waals surface area contributed by atoms with Gasteiger partial charge in [-0.1, -0.05) is 25.7 Å². The van der Waals surface area contributed by atoms with Gasteiger partial charge in [-0.2, -0.15) is 0 Å². The third-order valence-electron chi connectivity index (χ3n) is 4.25. The summed E-state index contributed by atoms with van der Waals surface area (Å²) in [5, 5.41) is 3.54. The first kappa shape index (κ1) is 17.9. The van der Waals surface area contributed by atoms with Gasteiger partial charge in [0.05, 0.1) is 19.8 Å². The fourth-order valence-electron chi connectivity index (χ4n) is 3.09. The maximum absolute atomic E-state index is 5.56. The summed E-state index contributed by atoms with van der Waals surface area (Å²) in [6, 6.07) is 0. The Balaban J connectivity index is 2.13. The van der Waals surface area contributed by atoms with E-state index in [1.807, 2.05) is 0 Å². The fraction of sp³-hybridized carbons (Fsp3) is 1.00. The van der Waals surface area contributed by atoms with Gasteiger partial charge in [-0.25, -0.2) is 0 Å². The Morgan fingerprint density at radius 3 is 2.45 bits per heavy atom. The lowest BCUT2D eigenvalue weighted by molar-refractivity contribution is 0.0659. The quantitative estimate of drug-likeness (QED) is 0.528. The predicted molar refractivity (Wildman–Crippen MR) is 82.1 cm³/mol. The monoisotopic (exact) mass is 287 g/mol. The molecule has 1 saturated carbocycles. The standard InChI is InChI=1S/C16H33NO3/c1-18-11-9-17-14-16(15-6-3-4-7-15)8-5-10-20-13-12-19-2/h15-17H,3-14H2,1-2H3. The van der Waals surface area contributed by atoms with Crippen LogP contribution in [0.5, 0.6) is 0 Å². The topological polar surface area (TPSA) is 39.7 Å². The summed E-state index contributed by atoms with van der Waals surface area (Å²) in [5.74, 6) is 1.73. The van der Waals surface area contributed by atoms with Crippen LogP contribution in [0.2, 0.25) is 0 Å². The third-order valence-corrected chi connectivity index (χ3v) is 4.25. The van der Waals surface area contributed by atoms with E-state index in [2.05, 4.69) is 5.32 Å². The van der Waals surface area contributed by atoms with Crippen molar-refractivity contribution in [3.8, 4) is 0 Å². The summed E-state index contributed by atoms with van der Waals surface area (Å²) >= 11 is 0. The minimum atomic E-state index is 0.699. The number of hydrogen-bond donors (Lipinski definition) is 1. The SMILES string of the molecule is COCCNCC(CCCOCCOC)C1CCCC1. The molecule has 1 rings (SSSR count). The van der Waals surface area contributed by atoms with Crippen molar-refractivity contribution in [2.24, 2.45) is 11.8 Å². The molecule has 0 aliphatic heterocycles. The first-order valence-electron chi connectivity index (χ1n) is 8.14. The number of nitrogens with one attached hydrogen (secondary N) is 1. The minimum absolute atomic E-state index is 0.699. The van der Waals surface area contributed by atoms with Crippen LogP contribution < -0.4 is 5.32 Å². The van der Waals surface area contributed by atoms with Crippen LogP contribution in [-0.4, -0.2) is 53.7 Å². The van der Waals surface area contributed by atoms with Crippen LogP contribution in [0.4, 0.5) is 0 Å². The maximum Gasteiger partial charge on any atom is 0.0700 e. The van der Waals surface area contributed by atoms with Gasteiger partial charge in [0.2, 0.25) is 0 Å². The average Bonchev–Trinajstić information content (AvgIpc) is 2.99. The van der Waals surface area contributed by atoms with Crippen LogP contribution in [0.25, 0.3) is 0 Å². The van der Waals surface area contributed by atoms with Crippen molar-refractivity contribution in [1.29, 1.82) is 0 Å². The maximum atomic E-state index is 5.56. The fourth-order valence-corrected chi connectivity index (χ4v) is 3.09. The molecule has 20 heavy (non-hydrogen) atoms. The summed E-state index contributed by atoms with van der Waals surface area (Å²) < 4.78 is 15.6. The van der Waals surface area contributed by atoms with Crippen LogP contribution >= 0.6 is 0 Å². The van der Waals surface area contributed by atoms with Gasteiger partial charge >= 0.3 is 0 Å². The van der Waals surface area contributed by atoms with Gasteiger partial charge in [-0.05, 0) is 31.2 Å². The lowest BCUT2D eigenvalue weighted by Gasteiger charge is -2.24. The summed E-state index contributed by atoms with van der Waals surface area (Å²) in [4.78, 5) is 0. The van der Waals surface area contributed by atoms with E-state index in [0.29, 0.717) is 6.61 Å². The minimum Gasteiger partial charge on any atom is -0.383 e. The van der Waals surface area contributed by atoms with Gasteiger partial charge in [0.15, 0.2) is 0 Å². The third kappa shape index (κ3) is 8.20. The van der Waals surface area contributed by atoms with Gasteiger partial charge in [-0.3, -0.25) is 0 Å². The first-order chi connectivity index (χ1) is 9.88. The largest absolute Gasteiger partial charge is 0.383 e. The van der Waals surface area contributed by atoms with Crippen molar-refractivity contribution in [2.45, 2.75) is 38.5 Å². The van der Waals surface area contributed by atoms with Crippen molar-refractivity contribution < 1.29 is 14.2 Å². The van der Waals surface area contributed by atoms with E-state index in [-0.39, 0.29) is 0 Å². The van der Waals surface area contributed by atoms with E-state index in [1.54, 1.807) is 14.2 Å². The second-order valence-corrected chi connectivity index (χ2v) is 5.75. The zero-order valence-electron chi connectivity index (χ0n) is 13.4. The highest BCUT2D eigenvalue weighted by Crippen LogP contribution is 2.33. The van der Waals surface area contributed by atoms with Crippen LogP contribution in [0.15, 0.2) is 0 Å². The van der Waals surface area contributed by atoms with Crippen molar-refractivity contribution >= 4 is 0 Å². The Morgan fingerprint density at radius 1 is 1.00 bits per heavy atom. The molecule has 0 bridgehead atoms. The van der Waals surface area contributed by atoms with Crippen molar-refractivity contribution in [1.82, 2.24) is 5.32 Å². The number of methoxy groups -OCH3 is 2. The van der Waals surface area contributed by atoms with Crippen molar-refractivity contribution in [2.75, 3.05) is 53.7 Å². The zero-order valence-corrected chi connectivity index (χ0v) is 13.4. The Morgan fingerprint density at radius 2 is 1.75 bits per heavy atom. The van der Waals surface area contributed by atoms with Crippen LogP contribution in [-0.2, 0) is 14.2 Å². The van der Waals surface area contributed by atoms with E-state index in [1.165, 1.54) is 32.1 Å². The second kappa shape index (κ2) is 12.6. The molecule has 0 aromatic rings. The smallest absolute Gasteiger partial charge is 0.0700 e. The highest BCUT2D eigenvalue weighted by atomic mass is 16.5. The molecular weight excluding hydrogens is 254 g/mol. The highest BCUT2D eigenvalue weighted by molar-refractivity contribution is 4.77. The van der Waals surface area contributed by atoms with Crippen LogP contribution in [0, 0.1) is 11.8 Å². The molecule has 1 unspecified atom stereocenters. The molecule has 0 amide bonds. The van der Waals surface area contributed by atoms with Crippen LogP contribution in [0.3, 0.4) is 0 Å². The molecule has 4 heteroatoms. The molecule has 4 nitrogen and oxygen atoms in total. The number of rotatable bonds is 13. The first-order valence-corrected chi connectivity index (χ1v) is 8.14. The molecule has 1 aliphatic rings. The van der Waals surface area contributed by atoms with Gasteiger partial charge < -0.3 is 19.5 Å². The molecular formula is C16H33NO3. The molecule has 1 atom stereocenters. The van der Waals surface area contributed by atoms with Gasteiger partial charge in [0.25, 0.3) is 0 Å². The van der Waals surface area contributed by atoms with E-state index >= 15 is 0 Å². The van der Waals surface area contributed by atoms with E-state index < -0.39 is 0 Å². The lowest BCUT2D eigenvalue weighted by atomic mass is 9.87. The Labute approximate surface area is 124 Å². The summed E-state index contributed by atoms with van der Waals surface area (Å²) in [7, 11) is 3.47. The van der Waals surface area contributed by atoms with E-state index in [4.69, 9.17) is 14.2 Å². The molecule has 1 fully saturated rings. The second-order valence-electron chi connectivity index (χ2n) is 5.75. The average molecular weight is 287 g/mol. The van der Waals surface area contributed by atoms with Gasteiger partial charge in [-0.15, -0.1) is 0 Å². The Hall–Kier alpha value is -0.160. The number of ether oxygens (including phenoxy) is 3. The molecule has 1 aliphatic carbocycles. The molecule has 0 aromatic heterocycles. The molecule has 0 radical (unpaired) electrons. The van der Waals surface area contributed by atoms with Gasteiger partial charge in [0.1, 0.15) is 0 Å². The molecule has 0 aromatic carbocycles. The molecule has 0 heterocycles. The van der Waals surface area contributed by atoms with Crippen molar-refractivity contribution in [3.63, 3.8) is 0 Å². The summed E-state index contributed by atoms with van der Waals surface area (Å²) in [6.45, 7) is 5.18. The molecule has 0 saturated heterocycles. The number of hydrogen-bond acceptors (Lipinski definition) is 4. The Bertz CT molecular complexity index is 208. The molecule has 1 N–H and O–H groups in total. The lowest BCUT2D eigenvalue weighted by Crippen LogP contribution is -2.30. The summed E-state index contributed by atoms with van der Waals surface area (Å²) in [6.07, 6.45) is 8.12. The van der Waals surface area contributed by atoms with E-state index in [0.717, 1.165) is 51.2 Å². The predicted octanol–water partition coefficient (Wildman–Crippen LogP) is 2.47. The highest BCUT2D eigenvalue weighted by Gasteiger charge is 2.24. The van der Waals surface area contributed by atoms with Crippen LogP contribution in [0.1, 0.15) is 38.5 Å². The Kier molecular flexibility index (Phi) is 11.2. The molecule has 120 valence electrons. The summed E-state index contributed by atoms with van der Waals surface area (Å²) in [5.41, 5.74) is 0.